The van der Waals surface area contributed by atoms with Gasteiger partial charge in [-0.25, -0.2) is 0 Å². The summed E-state index contributed by atoms with van der Waals surface area (Å²) in [6, 6.07) is 0. The highest BCUT2D eigenvalue weighted by Gasteiger charge is 2.52. The van der Waals surface area contributed by atoms with Crippen molar-refractivity contribution in [1.29, 1.82) is 0 Å². The van der Waals surface area contributed by atoms with Crippen LogP contribution < -0.4 is 0 Å². The molecule has 1 heteroatoms. The molecule has 0 spiro atoms. The van der Waals surface area contributed by atoms with Crippen molar-refractivity contribution in [2.24, 2.45) is 23.2 Å². The van der Waals surface area contributed by atoms with Crippen molar-refractivity contribution < 1.29 is 5.11 Å². The Morgan fingerprint density at radius 3 is 2.50 bits per heavy atom. The predicted molar refractivity (Wildman–Crippen MR) is 79.6 cm³/mol. The Kier molecular flexibility index (Phi) is 6.70. The Morgan fingerprint density at radius 1 is 1.33 bits per heavy atom. The van der Waals surface area contributed by atoms with Crippen LogP contribution in [0.25, 0.3) is 0 Å². The summed E-state index contributed by atoms with van der Waals surface area (Å²) in [6.45, 7) is 9.48. The lowest BCUT2D eigenvalue weighted by molar-refractivity contribution is 0.266. The van der Waals surface area contributed by atoms with Crippen LogP contribution in [0.3, 0.4) is 0 Å². The molecular formula is C17H34O. The molecule has 0 heterocycles. The maximum atomic E-state index is 8.32. The Hall–Kier alpha value is -0.0400. The van der Waals surface area contributed by atoms with E-state index in [2.05, 4.69) is 27.7 Å². The van der Waals surface area contributed by atoms with Crippen LogP contribution in [-0.4, -0.2) is 11.7 Å². The molecule has 0 amide bonds. The smallest absolute Gasteiger partial charge is 0.0431 e. The Morgan fingerprint density at radius 2 is 2.06 bits per heavy atom. The molecule has 0 aromatic heterocycles. The van der Waals surface area contributed by atoms with Crippen LogP contribution in [0.15, 0.2) is 0 Å². The van der Waals surface area contributed by atoms with Crippen LogP contribution in [0, 0.1) is 23.2 Å². The zero-order valence-electron chi connectivity index (χ0n) is 13.0. The highest BCUT2D eigenvalue weighted by atomic mass is 16.2. The molecule has 0 bridgehead atoms. The second kappa shape index (κ2) is 7.53. The SMILES string of the molecule is CC(C)CCCO.CCCC1CCC2(C)CC2C1. The van der Waals surface area contributed by atoms with Crippen molar-refractivity contribution in [2.75, 3.05) is 6.61 Å². The van der Waals surface area contributed by atoms with E-state index < -0.39 is 0 Å². The molecule has 1 nitrogen and oxygen atoms in total. The maximum Gasteiger partial charge on any atom is 0.0431 e. The maximum absolute atomic E-state index is 8.32. The third-order valence-corrected chi connectivity index (χ3v) is 4.92. The van der Waals surface area contributed by atoms with Crippen molar-refractivity contribution >= 4 is 0 Å². The minimum absolute atomic E-state index is 0.345. The van der Waals surface area contributed by atoms with E-state index in [4.69, 9.17) is 5.11 Å². The van der Waals surface area contributed by atoms with Crippen molar-refractivity contribution in [2.45, 2.75) is 79.1 Å². The summed E-state index contributed by atoms with van der Waals surface area (Å²) < 4.78 is 0. The predicted octanol–water partition coefficient (Wildman–Crippen LogP) is 5.03. The Bertz CT molecular complexity index is 224. The summed E-state index contributed by atoms with van der Waals surface area (Å²) in [5.74, 6) is 2.97. The molecule has 108 valence electrons. The minimum atomic E-state index is 0.345. The van der Waals surface area contributed by atoms with Crippen molar-refractivity contribution in [1.82, 2.24) is 0 Å². The molecule has 2 fully saturated rings. The molecule has 1 N–H and O–H groups in total. The standard InChI is InChI=1S/C11H20.C6H14O/c1-3-4-9-5-6-11(2)8-10(11)7-9;1-6(2)4-3-5-7/h9-10H,3-8H2,1-2H3;6-7H,3-5H2,1-2H3. The lowest BCUT2D eigenvalue weighted by atomic mass is 9.81. The van der Waals surface area contributed by atoms with Gasteiger partial charge in [0.25, 0.3) is 0 Å². The van der Waals surface area contributed by atoms with E-state index in [0.29, 0.717) is 6.61 Å². The van der Waals surface area contributed by atoms with Gasteiger partial charge in [0.05, 0.1) is 0 Å². The van der Waals surface area contributed by atoms with Crippen molar-refractivity contribution in [3.63, 3.8) is 0 Å². The normalized spacial score (nSPS) is 33.7. The van der Waals surface area contributed by atoms with E-state index in [9.17, 15) is 0 Å². The van der Waals surface area contributed by atoms with Gasteiger partial charge >= 0.3 is 0 Å². The number of hydrogen-bond donors (Lipinski definition) is 1. The number of rotatable bonds is 5. The van der Waals surface area contributed by atoms with Gasteiger partial charge in [0.15, 0.2) is 0 Å². The van der Waals surface area contributed by atoms with E-state index in [1.165, 1.54) is 25.7 Å². The number of aliphatic hydroxyl groups is 1. The van der Waals surface area contributed by atoms with Gasteiger partial charge in [-0.3, -0.25) is 0 Å². The third-order valence-electron chi connectivity index (χ3n) is 4.92. The fraction of sp³-hybridized carbons (Fsp3) is 1.00. The van der Waals surface area contributed by atoms with Crippen molar-refractivity contribution in [3.05, 3.63) is 0 Å². The molecule has 0 aromatic rings. The fourth-order valence-corrected chi connectivity index (χ4v) is 3.40. The van der Waals surface area contributed by atoms with Crippen LogP contribution in [0.5, 0.6) is 0 Å². The van der Waals surface area contributed by atoms with Gasteiger partial charge < -0.3 is 5.11 Å². The number of fused-ring (bicyclic) bond motifs is 1. The van der Waals surface area contributed by atoms with Gasteiger partial charge in [0.1, 0.15) is 0 Å². The highest BCUT2D eigenvalue weighted by Crippen LogP contribution is 2.62. The van der Waals surface area contributed by atoms with Crippen LogP contribution in [0.1, 0.15) is 79.1 Å². The summed E-state index contributed by atoms with van der Waals surface area (Å²) >= 11 is 0. The lowest BCUT2D eigenvalue weighted by Gasteiger charge is -2.25. The molecule has 0 radical (unpaired) electrons. The molecule has 0 saturated heterocycles. The summed E-state index contributed by atoms with van der Waals surface area (Å²) in [6.07, 6.45) is 11.2. The fourth-order valence-electron chi connectivity index (χ4n) is 3.40. The van der Waals surface area contributed by atoms with E-state index in [1.54, 1.807) is 12.8 Å². The van der Waals surface area contributed by atoms with Gasteiger partial charge in [-0.1, -0.05) is 40.5 Å². The molecule has 2 saturated carbocycles. The summed E-state index contributed by atoms with van der Waals surface area (Å²) in [5, 5.41) is 8.32. The average molecular weight is 254 g/mol. The van der Waals surface area contributed by atoms with Gasteiger partial charge in [-0.05, 0) is 61.7 Å². The third kappa shape index (κ3) is 5.30. The monoisotopic (exact) mass is 254 g/mol. The number of aliphatic hydroxyl groups excluding tert-OH is 1. The first-order valence-electron chi connectivity index (χ1n) is 8.12. The molecule has 0 aromatic carbocycles. The first kappa shape index (κ1) is 16.0. The number of hydrogen-bond acceptors (Lipinski definition) is 1. The summed E-state index contributed by atoms with van der Waals surface area (Å²) in [4.78, 5) is 0. The molecule has 2 aliphatic carbocycles. The van der Waals surface area contributed by atoms with Gasteiger partial charge in [-0.15, -0.1) is 0 Å². The second-order valence-electron chi connectivity index (χ2n) is 7.24. The first-order chi connectivity index (χ1) is 8.51. The lowest BCUT2D eigenvalue weighted by Crippen LogP contribution is -2.13. The second-order valence-corrected chi connectivity index (χ2v) is 7.24. The first-order valence-corrected chi connectivity index (χ1v) is 8.12. The highest BCUT2D eigenvalue weighted by molar-refractivity contribution is 5.02. The van der Waals surface area contributed by atoms with Crippen LogP contribution in [0.2, 0.25) is 0 Å². The Balaban J connectivity index is 0.000000203. The zero-order chi connectivity index (χ0) is 13.6. The van der Waals surface area contributed by atoms with E-state index >= 15 is 0 Å². The zero-order valence-corrected chi connectivity index (χ0v) is 13.0. The van der Waals surface area contributed by atoms with E-state index in [-0.39, 0.29) is 0 Å². The van der Waals surface area contributed by atoms with E-state index in [1.807, 2.05) is 0 Å². The molecule has 3 unspecified atom stereocenters. The van der Waals surface area contributed by atoms with Gasteiger partial charge in [0.2, 0.25) is 0 Å². The average Bonchev–Trinajstić information content (AvgIpc) is 2.99. The van der Waals surface area contributed by atoms with Gasteiger partial charge in [-0.2, -0.15) is 0 Å². The summed E-state index contributed by atoms with van der Waals surface area (Å²) in [7, 11) is 0. The molecule has 2 aliphatic rings. The molecular weight excluding hydrogens is 220 g/mol. The van der Waals surface area contributed by atoms with Crippen molar-refractivity contribution in [3.8, 4) is 0 Å². The van der Waals surface area contributed by atoms with E-state index in [0.717, 1.165) is 36.0 Å². The largest absolute Gasteiger partial charge is 0.396 e. The van der Waals surface area contributed by atoms with Crippen LogP contribution in [-0.2, 0) is 0 Å². The minimum Gasteiger partial charge on any atom is -0.396 e. The molecule has 3 atom stereocenters. The summed E-state index contributed by atoms with van der Waals surface area (Å²) in [5.41, 5.74) is 0.824. The molecule has 18 heavy (non-hydrogen) atoms. The van der Waals surface area contributed by atoms with Crippen LogP contribution >= 0.6 is 0 Å². The quantitative estimate of drug-likeness (QED) is 0.729. The van der Waals surface area contributed by atoms with Gasteiger partial charge in [0, 0.05) is 6.61 Å². The topological polar surface area (TPSA) is 20.2 Å². The van der Waals surface area contributed by atoms with Crippen LogP contribution in [0.4, 0.5) is 0 Å². The molecule has 2 rings (SSSR count). The Labute approximate surface area is 114 Å². The molecule has 0 aliphatic heterocycles.